The molecular formula is C15H11NS. The Labute approximate surface area is 105 Å². The molecule has 0 saturated carbocycles. The van der Waals surface area contributed by atoms with Crippen molar-refractivity contribution >= 4 is 22.9 Å². The topological polar surface area (TPSA) is 12.4 Å². The molecule has 0 atom stereocenters. The number of thioether (sulfide) groups is 1. The molecule has 0 amide bonds. The second-order valence-corrected chi connectivity index (χ2v) is 4.86. The van der Waals surface area contributed by atoms with Crippen molar-refractivity contribution < 1.29 is 0 Å². The fourth-order valence-corrected chi connectivity index (χ4v) is 2.74. The average molecular weight is 237 g/mol. The summed E-state index contributed by atoms with van der Waals surface area (Å²) < 4.78 is 0. The van der Waals surface area contributed by atoms with Crippen LogP contribution >= 0.6 is 11.8 Å². The van der Waals surface area contributed by atoms with Crippen LogP contribution in [0.3, 0.4) is 0 Å². The van der Waals surface area contributed by atoms with Crippen LogP contribution in [0.15, 0.2) is 70.7 Å². The SMILES string of the molecule is C1=NC=C(c2ccccc2)Sc2ccccc21. The number of hydrogen-bond donors (Lipinski definition) is 0. The Morgan fingerprint density at radius 1 is 0.824 bits per heavy atom. The van der Waals surface area contributed by atoms with Crippen LogP contribution in [0.25, 0.3) is 4.91 Å². The molecule has 0 saturated heterocycles. The van der Waals surface area contributed by atoms with E-state index in [2.05, 4.69) is 47.5 Å². The molecule has 0 N–H and O–H groups in total. The third-order valence-electron chi connectivity index (χ3n) is 2.60. The van der Waals surface area contributed by atoms with Gasteiger partial charge in [0.15, 0.2) is 0 Å². The molecule has 0 bridgehead atoms. The van der Waals surface area contributed by atoms with Crippen molar-refractivity contribution in [3.8, 4) is 0 Å². The van der Waals surface area contributed by atoms with Gasteiger partial charge in [-0.3, -0.25) is 4.99 Å². The minimum absolute atomic E-state index is 1.18. The van der Waals surface area contributed by atoms with Gasteiger partial charge in [-0.15, -0.1) is 0 Å². The van der Waals surface area contributed by atoms with Crippen LogP contribution in [-0.2, 0) is 0 Å². The zero-order valence-electron chi connectivity index (χ0n) is 9.21. The quantitative estimate of drug-likeness (QED) is 0.723. The van der Waals surface area contributed by atoms with Gasteiger partial charge in [-0.25, -0.2) is 0 Å². The molecule has 3 rings (SSSR count). The van der Waals surface area contributed by atoms with E-state index in [4.69, 9.17) is 0 Å². The van der Waals surface area contributed by atoms with E-state index in [9.17, 15) is 0 Å². The highest BCUT2D eigenvalue weighted by Crippen LogP contribution is 2.36. The van der Waals surface area contributed by atoms with Crippen molar-refractivity contribution in [2.24, 2.45) is 4.99 Å². The standard InChI is InChI=1S/C15H11NS/c1-2-6-12(7-3-1)15-11-16-10-13-8-4-5-9-14(13)17-15/h1-11H. The molecule has 2 aromatic rings. The molecule has 0 fully saturated rings. The summed E-state index contributed by atoms with van der Waals surface area (Å²) in [5, 5.41) is 0. The van der Waals surface area contributed by atoms with Gasteiger partial charge in [-0.2, -0.15) is 0 Å². The lowest BCUT2D eigenvalue weighted by atomic mass is 10.2. The Kier molecular flexibility index (Phi) is 2.80. The molecule has 1 nitrogen and oxygen atoms in total. The molecule has 0 unspecified atom stereocenters. The van der Waals surface area contributed by atoms with E-state index < -0.39 is 0 Å². The summed E-state index contributed by atoms with van der Waals surface area (Å²) >= 11 is 1.77. The summed E-state index contributed by atoms with van der Waals surface area (Å²) in [5.41, 5.74) is 2.39. The summed E-state index contributed by atoms with van der Waals surface area (Å²) in [7, 11) is 0. The fraction of sp³-hybridized carbons (Fsp3) is 0. The Hall–Kier alpha value is -1.80. The first kappa shape index (κ1) is 10.4. The number of hydrogen-bond acceptors (Lipinski definition) is 2. The Morgan fingerprint density at radius 3 is 2.47 bits per heavy atom. The third kappa shape index (κ3) is 2.17. The first-order valence-electron chi connectivity index (χ1n) is 5.49. The van der Waals surface area contributed by atoms with Gasteiger partial charge in [-0.1, -0.05) is 60.3 Å². The maximum Gasteiger partial charge on any atom is 0.0413 e. The van der Waals surface area contributed by atoms with Crippen molar-refractivity contribution in [2.45, 2.75) is 4.90 Å². The lowest BCUT2D eigenvalue weighted by molar-refractivity contribution is 1.44. The summed E-state index contributed by atoms with van der Waals surface area (Å²) in [6.07, 6.45) is 3.85. The van der Waals surface area contributed by atoms with Crippen molar-refractivity contribution in [3.63, 3.8) is 0 Å². The summed E-state index contributed by atoms with van der Waals surface area (Å²) in [5.74, 6) is 0. The van der Waals surface area contributed by atoms with Gasteiger partial charge >= 0.3 is 0 Å². The molecule has 2 heteroatoms. The van der Waals surface area contributed by atoms with E-state index in [0.717, 1.165) is 0 Å². The summed E-state index contributed by atoms with van der Waals surface area (Å²) in [6, 6.07) is 18.7. The lowest BCUT2D eigenvalue weighted by Crippen LogP contribution is -1.83. The van der Waals surface area contributed by atoms with Crippen LogP contribution in [-0.4, -0.2) is 6.21 Å². The summed E-state index contributed by atoms with van der Waals surface area (Å²) in [6.45, 7) is 0. The zero-order valence-corrected chi connectivity index (χ0v) is 10.0. The van der Waals surface area contributed by atoms with Crippen LogP contribution in [0, 0.1) is 0 Å². The Morgan fingerprint density at radius 2 is 1.59 bits per heavy atom. The fourth-order valence-electron chi connectivity index (χ4n) is 1.75. The molecule has 17 heavy (non-hydrogen) atoms. The summed E-state index contributed by atoms with van der Waals surface area (Å²) in [4.78, 5) is 6.80. The number of aliphatic imine (C=N–C) groups is 1. The number of fused-ring (bicyclic) bond motifs is 1. The number of rotatable bonds is 1. The maximum absolute atomic E-state index is 4.36. The van der Waals surface area contributed by atoms with E-state index >= 15 is 0 Å². The van der Waals surface area contributed by atoms with Gasteiger partial charge < -0.3 is 0 Å². The van der Waals surface area contributed by atoms with Crippen molar-refractivity contribution in [2.75, 3.05) is 0 Å². The van der Waals surface area contributed by atoms with Crippen molar-refractivity contribution in [3.05, 3.63) is 71.9 Å². The largest absolute Gasteiger partial charge is 0.263 e. The van der Waals surface area contributed by atoms with Crippen LogP contribution in [0.4, 0.5) is 0 Å². The smallest absolute Gasteiger partial charge is 0.0413 e. The second-order valence-electron chi connectivity index (χ2n) is 3.78. The van der Waals surface area contributed by atoms with Gasteiger partial charge in [0.25, 0.3) is 0 Å². The molecular weight excluding hydrogens is 226 g/mol. The van der Waals surface area contributed by atoms with Crippen molar-refractivity contribution in [1.82, 2.24) is 0 Å². The van der Waals surface area contributed by atoms with Crippen molar-refractivity contribution in [1.29, 1.82) is 0 Å². The molecule has 0 radical (unpaired) electrons. The molecule has 1 aliphatic rings. The molecule has 0 aromatic heterocycles. The van der Waals surface area contributed by atoms with Gasteiger partial charge in [-0.05, 0) is 11.6 Å². The minimum Gasteiger partial charge on any atom is -0.263 e. The molecule has 1 heterocycles. The monoisotopic (exact) mass is 237 g/mol. The predicted molar refractivity (Wildman–Crippen MR) is 74.3 cm³/mol. The predicted octanol–water partition coefficient (Wildman–Crippen LogP) is 4.21. The normalized spacial score (nSPS) is 13.8. The number of benzene rings is 2. The van der Waals surface area contributed by atoms with Gasteiger partial charge in [0.1, 0.15) is 0 Å². The first-order valence-corrected chi connectivity index (χ1v) is 6.31. The van der Waals surface area contributed by atoms with Crippen LogP contribution in [0.5, 0.6) is 0 Å². The maximum atomic E-state index is 4.36. The average Bonchev–Trinajstić information content (AvgIpc) is 2.62. The zero-order chi connectivity index (χ0) is 11.5. The third-order valence-corrected chi connectivity index (χ3v) is 3.76. The molecule has 82 valence electrons. The van der Waals surface area contributed by atoms with Crippen LogP contribution in [0.1, 0.15) is 11.1 Å². The lowest BCUT2D eigenvalue weighted by Gasteiger charge is -2.06. The van der Waals surface area contributed by atoms with E-state index in [1.165, 1.54) is 20.9 Å². The van der Waals surface area contributed by atoms with E-state index in [0.29, 0.717) is 0 Å². The minimum atomic E-state index is 1.18. The number of nitrogens with zero attached hydrogens (tertiary/aromatic N) is 1. The Balaban J connectivity index is 2.02. The highest BCUT2D eigenvalue weighted by molar-refractivity contribution is 8.08. The highest BCUT2D eigenvalue weighted by atomic mass is 32.2. The van der Waals surface area contributed by atoms with Gasteiger partial charge in [0.05, 0.1) is 0 Å². The van der Waals surface area contributed by atoms with Crippen LogP contribution in [0.2, 0.25) is 0 Å². The first-order chi connectivity index (χ1) is 8.43. The second kappa shape index (κ2) is 4.60. The van der Waals surface area contributed by atoms with Gasteiger partial charge in [0.2, 0.25) is 0 Å². The molecule has 0 aliphatic carbocycles. The molecule has 1 aliphatic heterocycles. The molecule has 2 aromatic carbocycles. The molecule has 0 spiro atoms. The van der Waals surface area contributed by atoms with E-state index in [1.54, 1.807) is 11.8 Å². The van der Waals surface area contributed by atoms with Gasteiger partial charge in [0, 0.05) is 27.8 Å². The van der Waals surface area contributed by atoms with E-state index in [1.807, 2.05) is 24.5 Å². The van der Waals surface area contributed by atoms with Crippen LogP contribution < -0.4 is 0 Å². The highest BCUT2D eigenvalue weighted by Gasteiger charge is 2.08. The Bertz CT molecular complexity index is 585. The van der Waals surface area contributed by atoms with E-state index in [-0.39, 0.29) is 0 Å².